The molecule has 0 saturated carbocycles. The molecule has 5 heteroatoms. The minimum Gasteiger partial charge on any atom is -0.444 e. The van der Waals surface area contributed by atoms with Gasteiger partial charge in [0.2, 0.25) is 0 Å². The Kier molecular flexibility index (Phi) is 5.56. The number of aliphatic hydroxyl groups is 1. The van der Waals surface area contributed by atoms with E-state index in [0.717, 1.165) is 5.56 Å². The third kappa shape index (κ3) is 6.15. The maximum Gasteiger partial charge on any atom is 0.407 e. The molecule has 0 aliphatic carbocycles. The molecule has 1 aromatic carbocycles. The van der Waals surface area contributed by atoms with Gasteiger partial charge in [0.05, 0.1) is 23.3 Å². The molecule has 5 nitrogen and oxygen atoms in total. The van der Waals surface area contributed by atoms with Crippen LogP contribution in [0.2, 0.25) is 0 Å². The number of amides is 1. The van der Waals surface area contributed by atoms with Gasteiger partial charge in [-0.05, 0) is 58.7 Å². The highest BCUT2D eigenvalue weighted by Gasteiger charge is 2.30. The summed E-state index contributed by atoms with van der Waals surface area (Å²) in [6.45, 7) is 8.63. The van der Waals surface area contributed by atoms with Crippen LogP contribution in [0.4, 0.5) is 4.79 Å². The van der Waals surface area contributed by atoms with Crippen molar-refractivity contribution in [1.82, 2.24) is 5.32 Å². The number of hydrogen-bond acceptors (Lipinski definition) is 4. The molecule has 2 N–H and O–H groups in total. The third-order valence-electron chi connectivity index (χ3n) is 3.07. The van der Waals surface area contributed by atoms with Gasteiger partial charge in [-0.1, -0.05) is 12.1 Å². The zero-order valence-corrected chi connectivity index (χ0v) is 13.8. The van der Waals surface area contributed by atoms with E-state index in [1.807, 2.05) is 12.1 Å². The second-order valence-electron chi connectivity index (χ2n) is 6.87. The van der Waals surface area contributed by atoms with E-state index >= 15 is 0 Å². The van der Waals surface area contributed by atoms with E-state index < -0.39 is 23.3 Å². The van der Waals surface area contributed by atoms with Crippen LogP contribution in [0.1, 0.15) is 45.7 Å². The SMILES string of the molecule is CC(C)(C)OC(=O)N[C@H](Cc1ccc(C#N)cc1)C(C)(C)O. The molecular weight excluding hydrogens is 280 g/mol. The fourth-order valence-electron chi connectivity index (χ4n) is 1.88. The van der Waals surface area contributed by atoms with Gasteiger partial charge in [0.25, 0.3) is 0 Å². The maximum absolute atomic E-state index is 11.9. The van der Waals surface area contributed by atoms with E-state index in [1.54, 1.807) is 46.8 Å². The molecule has 0 saturated heterocycles. The van der Waals surface area contributed by atoms with E-state index in [1.165, 1.54) is 0 Å². The Balaban J connectivity index is 2.81. The molecule has 0 fully saturated rings. The number of nitrogens with zero attached hydrogens (tertiary/aromatic N) is 1. The van der Waals surface area contributed by atoms with E-state index in [4.69, 9.17) is 10.00 Å². The van der Waals surface area contributed by atoms with Crippen LogP contribution in [-0.4, -0.2) is 28.4 Å². The second kappa shape index (κ2) is 6.80. The van der Waals surface area contributed by atoms with Gasteiger partial charge in [-0.2, -0.15) is 5.26 Å². The fourth-order valence-corrected chi connectivity index (χ4v) is 1.88. The lowest BCUT2D eigenvalue weighted by atomic mass is 9.92. The molecule has 0 spiro atoms. The Labute approximate surface area is 131 Å². The normalized spacial score (nSPS) is 13.1. The monoisotopic (exact) mass is 304 g/mol. The molecule has 0 aromatic heterocycles. The summed E-state index contributed by atoms with van der Waals surface area (Å²) in [7, 11) is 0. The molecule has 0 heterocycles. The van der Waals surface area contributed by atoms with Crippen molar-refractivity contribution in [3.05, 3.63) is 35.4 Å². The summed E-state index contributed by atoms with van der Waals surface area (Å²) in [5, 5.41) is 21.8. The van der Waals surface area contributed by atoms with Crippen LogP contribution in [-0.2, 0) is 11.2 Å². The smallest absolute Gasteiger partial charge is 0.407 e. The Morgan fingerprint density at radius 3 is 2.23 bits per heavy atom. The standard InChI is InChI=1S/C17H24N2O3/c1-16(2,3)22-15(20)19-14(17(4,5)21)10-12-6-8-13(11-18)9-7-12/h6-9,14,21H,10H2,1-5H3,(H,19,20)/t14-/m1/s1. The number of alkyl carbamates (subject to hydrolysis) is 1. The zero-order chi connectivity index (χ0) is 17.0. The summed E-state index contributed by atoms with van der Waals surface area (Å²) in [6, 6.07) is 8.60. The number of ether oxygens (including phenoxy) is 1. The van der Waals surface area contributed by atoms with E-state index in [0.29, 0.717) is 12.0 Å². The van der Waals surface area contributed by atoms with Crippen molar-refractivity contribution in [2.24, 2.45) is 0 Å². The molecule has 1 rings (SSSR count). The molecule has 0 aliphatic heterocycles. The van der Waals surface area contributed by atoms with Crippen LogP contribution in [0.25, 0.3) is 0 Å². The largest absolute Gasteiger partial charge is 0.444 e. The summed E-state index contributed by atoms with van der Waals surface area (Å²) in [5.41, 5.74) is -0.209. The number of benzene rings is 1. The Bertz CT molecular complexity index is 545. The average Bonchev–Trinajstić information content (AvgIpc) is 2.35. The van der Waals surface area contributed by atoms with Crippen LogP contribution in [0.15, 0.2) is 24.3 Å². The number of hydrogen-bond donors (Lipinski definition) is 2. The van der Waals surface area contributed by atoms with Gasteiger partial charge >= 0.3 is 6.09 Å². The van der Waals surface area contributed by atoms with Gasteiger partial charge in [0.1, 0.15) is 5.60 Å². The highest BCUT2D eigenvalue weighted by molar-refractivity contribution is 5.68. The highest BCUT2D eigenvalue weighted by Crippen LogP contribution is 2.16. The molecule has 0 unspecified atom stereocenters. The molecule has 1 amide bonds. The number of nitriles is 1. The predicted molar refractivity (Wildman–Crippen MR) is 84.3 cm³/mol. The first-order valence-corrected chi connectivity index (χ1v) is 7.22. The first-order chi connectivity index (χ1) is 10.0. The van der Waals surface area contributed by atoms with Crippen LogP contribution in [0.5, 0.6) is 0 Å². The minimum atomic E-state index is -1.11. The van der Waals surface area contributed by atoms with Crippen LogP contribution in [0.3, 0.4) is 0 Å². The molecule has 120 valence electrons. The van der Waals surface area contributed by atoms with E-state index in [-0.39, 0.29) is 0 Å². The fraction of sp³-hybridized carbons (Fsp3) is 0.529. The number of rotatable bonds is 4. The summed E-state index contributed by atoms with van der Waals surface area (Å²) in [5.74, 6) is 0. The van der Waals surface area contributed by atoms with Crippen molar-refractivity contribution >= 4 is 6.09 Å². The van der Waals surface area contributed by atoms with E-state index in [9.17, 15) is 9.90 Å². The van der Waals surface area contributed by atoms with Crippen molar-refractivity contribution < 1.29 is 14.6 Å². The maximum atomic E-state index is 11.9. The lowest BCUT2D eigenvalue weighted by Gasteiger charge is -2.31. The van der Waals surface area contributed by atoms with Crippen LogP contribution >= 0.6 is 0 Å². The van der Waals surface area contributed by atoms with Crippen molar-refractivity contribution in [2.75, 3.05) is 0 Å². The number of carbonyl (C=O) groups is 1. The van der Waals surface area contributed by atoms with Crippen LogP contribution in [0, 0.1) is 11.3 Å². The number of carbonyl (C=O) groups excluding carboxylic acids is 1. The molecular formula is C17H24N2O3. The average molecular weight is 304 g/mol. The van der Waals surface area contributed by atoms with Crippen molar-refractivity contribution in [1.29, 1.82) is 5.26 Å². The molecule has 0 aliphatic rings. The van der Waals surface area contributed by atoms with Gasteiger partial charge < -0.3 is 15.2 Å². The second-order valence-corrected chi connectivity index (χ2v) is 6.87. The van der Waals surface area contributed by atoms with E-state index in [2.05, 4.69) is 11.4 Å². The zero-order valence-electron chi connectivity index (χ0n) is 13.8. The van der Waals surface area contributed by atoms with Crippen molar-refractivity contribution in [3.8, 4) is 6.07 Å². The first kappa shape index (κ1) is 18.0. The van der Waals surface area contributed by atoms with Crippen molar-refractivity contribution in [3.63, 3.8) is 0 Å². The quantitative estimate of drug-likeness (QED) is 0.896. The van der Waals surface area contributed by atoms with Gasteiger partial charge in [-0.25, -0.2) is 4.79 Å². The van der Waals surface area contributed by atoms with Gasteiger partial charge in [-0.15, -0.1) is 0 Å². The van der Waals surface area contributed by atoms with Crippen LogP contribution < -0.4 is 5.32 Å². The summed E-state index contributed by atoms with van der Waals surface area (Å²) in [4.78, 5) is 11.9. The molecule has 0 bridgehead atoms. The Morgan fingerprint density at radius 2 is 1.82 bits per heavy atom. The van der Waals surface area contributed by atoms with Crippen molar-refractivity contribution in [2.45, 2.75) is 58.3 Å². The van der Waals surface area contributed by atoms with Gasteiger partial charge in [0.15, 0.2) is 0 Å². The summed E-state index contributed by atoms with van der Waals surface area (Å²) in [6.07, 6.45) is -0.123. The van der Waals surface area contributed by atoms with Gasteiger partial charge in [0, 0.05) is 0 Å². The number of nitrogens with one attached hydrogen (secondary N) is 1. The van der Waals surface area contributed by atoms with Gasteiger partial charge in [-0.3, -0.25) is 0 Å². The lowest BCUT2D eigenvalue weighted by Crippen LogP contribution is -2.51. The lowest BCUT2D eigenvalue weighted by molar-refractivity contribution is 0.0170. The topological polar surface area (TPSA) is 82.3 Å². The Hall–Kier alpha value is -2.06. The molecule has 0 radical (unpaired) electrons. The first-order valence-electron chi connectivity index (χ1n) is 7.22. The Morgan fingerprint density at radius 1 is 1.27 bits per heavy atom. The molecule has 1 aromatic rings. The molecule has 1 atom stereocenters. The highest BCUT2D eigenvalue weighted by atomic mass is 16.6. The predicted octanol–water partition coefficient (Wildman–Crippen LogP) is 2.76. The third-order valence-corrected chi connectivity index (χ3v) is 3.07. The summed E-state index contributed by atoms with van der Waals surface area (Å²) < 4.78 is 5.23. The minimum absolute atomic E-state index is 0.439. The summed E-state index contributed by atoms with van der Waals surface area (Å²) >= 11 is 0. The molecule has 22 heavy (non-hydrogen) atoms.